The quantitative estimate of drug-likeness (QED) is 0.672. The third-order valence-electron chi connectivity index (χ3n) is 5.30. The highest BCUT2D eigenvalue weighted by molar-refractivity contribution is 7.89. The number of hydrogen-bond acceptors (Lipinski definition) is 5. The Labute approximate surface area is 170 Å². The van der Waals surface area contributed by atoms with Crippen LogP contribution < -0.4 is 14.8 Å². The predicted molar refractivity (Wildman–Crippen MR) is 111 cm³/mol. The summed E-state index contributed by atoms with van der Waals surface area (Å²) in [5.41, 5.74) is 3.23. The fourth-order valence-corrected chi connectivity index (χ4v) is 4.22. The van der Waals surface area contributed by atoms with Crippen LogP contribution in [0.25, 0.3) is 0 Å². The molecule has 0 unspecified atom stereocenters. The lowest BCUT2D eigenvalue weighted by Gasteiger charge is -2.25. The molecule has 0 aliphatic carbocycles. The predicted octanol–water partition coefficient (Wildman–Crippen LogP) is 2.60. The molecule has 152 valence electrons. The Hall–Kier alpha value is -2.84. The van der Waals surface area contributed by atoms with Crippen molar-refractivity contribution < 1.29 is 13.2 Å². The molecular formula is C21H24N4O3S. The highest BCUT2D eigenvalue weighted by atomic mass is 32.2. The van der Waals surface area contributed by atoms with E-state index in [9.17, 15) is 8.42 Å². The van der Waals surface area contributed by atoms with Gasteiger partial charge in [-0.3, -0.25) is 0 Å². The Kier molecular flexibility index (Phi) is 5.06. The molecule has 0 spiro atoms. The van der Waals surface area contributed by atoms with Crippen molar-refractivity contribution in [2.24, 2.45) is 12.2 Å². The van der Waals surface area contributed by atoms with Crippen LogP contribution in [-0.4, -0.2) is 24.0 Å². The molecule has 0 radical (unpaired) electrons. The maximum absolute atomic E-state index is 11.6. The molecule has 0 saturated heterocycles. The summed E-state index contributed by atoms with van der Waals surface area (Å²) in [6.45, 7) is 3.30. The minimum Gasteiger partial charge on any atom is -0.486 e. The van der Waals surface area contributed by atoms with Gasteiger partial charge in [0, 0.05) is 37.7 Å². The Morgan fingerprint density at radius 1 is 1.21 bits per heavy atom. The van der Waals surface area contributed by atoms with E-state index in [2.05, 4.69) is 28.9 Å². The molecule has 2 N–H and O–H groups in total. The van der Waals surface area contributed by atoms with Crippen LogP contribution in [0, 0.1) is 0 Å². The lowest BCUT2D eigenvalue weighted by Crippen LogP contribution is -2.28. The van der Waals surface area contributed by atoms with Gasteiger partial charge in [0.2, 0.25) is 10.0 Å². The smallest absolute Gasteiger partial charge is 0.238 e. The van der Waals surface area contributed by atoms with Crippen molar-refractivity contribution in [3.63, 3.8) is 0 Å². The lowest BCUT2D eigenvalue weighted by atomic mass is 10.1. The number of ether oxygens (including phenoxy) is 1. The fourth-order valence-electron chi connectivity index (χ4n) is 3.66. The van der Waals surface area contributed by atoms with E-state index in [0.29, 0.717) is 6.61 Å². The molecule has 1 aliphatic heterocycles. The third kappa shape index (κ3) is 4.13. The molecule has 2 aromatic carbocycles. The van der Waals surface area contributed by atoms with E-state index in [1.807, 2.05) is 36.0 Å². The number of imidazole rings is 1. The normalized spacial score (nSPS) is 16.1. The van der Waals surface area contributed by atoms with Crippen molar-refractivity contribution in [2.75, 3.05) is 4.90 Å². The van der Waals surface area contributed by atoms with Gasteiger partial charge in [0.05, 0.1) is 4.90 Å². The van der Waals surface area contributed by atoms with E-state index in [1.165, 1.54) is 0 Å². The summed E-state index contributed by atoms with van der Waals surface area (Å²) in [7, 11) is -1.75. The molecule has 1 atom stereocenters. The summed E-state index contributed by atoms with van der Waals surface area (Å²) in [6, 6.07) is 13.4. The van der Waals surface area contributed by atoms with Crippen LogP contribution in [0.5, 0.6) is 5.75 Å². The molecule has 29 heavy (non-hydrogen) atoms. The van der Waals surface area contributed by atoms with E-state index in [-0.39, 0.29) is 10.9 Å². The van der Waals surface area contributed by atoms with Crippen molar-refractivity contribution in [3.05, 3.63) is 71.8 Å². The molecule has 7 nitrogen and oxygen atoms in total. The molecule has 1 aromatic heterocycles. The number of sulfonamides is 1. The number of anilines is 1. The monoisotopic (exact) mass is 412 g/mol. The number of hydrogen-bond donors (Lipinski definition) is 1. The van der Waals surface area contributed by atoms with Crippen molar-refractivity contribution in [3.8, 4) is 5.75 Å². The summed E-state index contributed by atoms with van der Waals surface area (Å²) < 4.78 is 31.0. The summed E-state index contributed by atoms with van der Waals surface area (Å²) in [5, 5.41) is 5.26. The van der Waals surface area contributed by atoms with Crippen LogP contribution in [-0.2, 0) is 36.6 Å². The maximum atomic E-state index is 11.6. The van der Waals surface area contributed by atoms with Crippen molar-refractivity contribution >= 4 is 15.7 Å². The number of primary sulfonamides is 1. The van der Waals surface area contributed by atoms with E-state index in [0.717, 1.165) is 41.4 Å². The number of rotatable bonds is 6. The van der Waals surface area contributed by atoms with Gasteiger partial charge >= 0.3 is 0 Å². The summed E-state index contributed by atoms with van der Waals surface area (Å²) >= 11 is 0. The number of benzene rings is 2. The second-order valence-electron chi connectivity index (χ2n) is 7.40. The molecule has 0 fully saturated rings. The average molecular weight is 413 g/mol. The zero-order valence-electron chi connectivity index (χ0n) is 16.4. The highest BCUT2D eigenvalue weighted by Gasteiger charge is 2.27. The fraction of sp³-hybridized carbons (Fsp3) is 0.286. The summed E-state index contributed by atoms with van der Waals surface area (Å²) in [4.78, 5) is 6.70. The molecule has 1 aliphatic rings. The van der Waals surface area contributed by atoms with Crippen LogP contribution >= 0.6 is 0 Å². The zero-order valence-corrected chi connectivity index (χ0v) is 17.3. The molecule has 0 bridgehead atoms. The highest BCUT2D eigenvalue weighted by Crippen LogP contribution is 2.35. The minimum absolute atomic E-state index is 0.166. The average Bonchev–Trinajstić information content (AvgIpc) is 3.23. The molecule has 3 aromatic rings. The van der Waals surface area contributed by atoms with Crippen molar-refractivity contribution in [1.29, 1.82) is 0 Å². The van der Waals surface area contributed by atoms with Gasteiger partial charge in [-0.2, -0.15) is 0 Å². The van der Waals surface area contributed by atoms with Crippen LogP contribution in [0.4, 0.5) is 5.69 Å². The first kappa shape index (κ1) is 19.5. The van der Waals surface area contributed by atoms with E-state index in [1.54, 1.807) is 18.3 Å². The lowest BCUT2D eigenvalue weighted by molar-refractivity contribution is 0.291. The van der Waals surface area contributed by atoms with Gasteiger partial charge in [-0.25, -0.2) is 18.5 Å². The molecule has 8 heteroatoms. The van der Waals surface area contributed by atoms with Gasteiger partial charge in [-0.15, -0.1) is 0 Å². The molecule has 0 saturated carbocycles. The number of aryl methyl sites for hydroxylation is 1. The zero-order chi connectivity index (χ0) is 20.6. The van der Waals surface area contributed by atoms with Gasteiger partial charge in [0.15, 0.2) is 0 Å². The number of fused-ring (bicyclic) bond motifs is 1. The molecule has 2 heterocycles. The number of nitrogens with two attached hydrogens (primary N) is 1. The van der Waals surface area contributed by atoms with Gasteiger partial charge in [0.25, 0.3) is 0 Å². The van der Waals surface area contributed by atoms with Gasteiger partial charge < -0.3 is 14.2 Å². The largest absolute Gasteiger partial charge is 0.486 e. The topological polar surface area (TPSA) is 90.5 Å². The first-order chi connectivity index (χ1) is 13.8. The Morgan fingerprint density at radius 2 is 1.97 bits per heavy atom. The first-order valence-electron chi connectivity index (χ1n) is 9.41. The number of aromatic nitrogens is 2. The van der Waals surface area contributed by atoms with Gasteiger partial charge in [0.1, 0.15) is 18.2 Å². The van der Waals surface area contributed by atoms with Gasteiger partial charge in [-0.1, -0.05) is 12.1 Å². The molecule has 4 rings (SSSR count). The Morgan fingerprint density at radius 3 is 2.62 bits per heavy atom. The SMILES string of the molecule is C[C@@H]1Cc2cc(S(N)(=O)=O)ccc2N1Cc1ccc(OCc2nccn2C)cc1. The summed E-state index contributed by atoms with van der Waals surface area (Å²) in [5.74, 6) is 1.67. The third-order valence-corrected chi connectivity index (χ3v) is 6.21. The molecule has 0 amide bonds. The Balaban J connectivity index is 1.45. The van der Waals surface area contributed by atoms with E-state index in [4.69, 9.17) is 9.88 Å². The first-order valence-corrected chi connectivity index (χ1v) is 11.0. The second kappa shape index (κ2) is 7.53. The summed E-state index contributed by atoms with van der Waals surface area (Å²) in [6.07, 6.45) is 4.44. The van der Waals surface area contributed by atoms with Crippen molar-refractivity contribution in [2.45, 2.75) is 37.4 Å². The minimum atomic E-state index is -3.69. The second-order valence-corrected chi connectivity index (χ2v) is 8.96. The van der Waals surface area contributed by atoms with Gasteiger partial charge in [-0.05, 0) is 54.8 Å². The molecular weight excluding hydrogens is 388 g/mol. The number of nitrogens with zero attached hydrogens (tertiary/aromatic N) is 3. The van der Waals surface area contributed by atoms with Crippen LogP contribution in [0.3, 0.4) is 0 Å². The maximum Gasteiger partial charge on any atom is 0.238 e. The van der Waals surface area contributed by atoms with Crippen LogP contribution in [0.1, 0.15) is 23.9 Å². The standard InChI is InChI=1S/C21H24N4O3S/c1-15-11-17-12-19(29(22,26)27)7-8-20(17)25(15)13-16-3-5-18(6-4-16)28-14-21-23-9-10-24(21)2/h3-10,12,15H,11,13-14H2,1-2H3,(H2,22,26,27)/t15-/m1/s1. The van der Waals surface area contributed by atoms with Crippen LogP contribution in [0.15, 0.2) is 59.8 Å². The van der Waals surface area contributed by atoms with Crippen molar-refractivity contribution in [1.82, 2.24) is 9.55 Å². The van der Waals surface area contributed by atoms with Crippen LogP contribution in [0.2, 0.25) is 0 Å². The van der Waals surface area contributed by atoms with E-state index >= 15 is 0 Å². The Bertz CT molecular complexity index is 1120. The van der Waals surface area contributed by atoms with E-state index < -0.39 is 10.0 Å².